The molecule has 0 bridgehead atoms. The second kappa shape index (κ2) is 5.74. The number of benzene rings is 2. The van der Waals surface area contributed by atoms with E-state index in [1.807, 2.05) is 48.5 Å². The van der Waals surface area contributed by atoms with Crippen LogP contribution < -0.4 is 5.32 Å². The van der Waals surface area contributed by atoms with E-state index in [4.69, 9.17) is 0 Å². The average Bonchev–Trinajstić information content (AvgIpc) is 2.51. The van der Waals surface area contributed by atoms with Crippen molar-refractivity contribution < 1.29 is 4.79 Å². The van der Waals surface area contributed by atoms with Crippen molar-refractivity contribution in [3.05, 3.63) is 76.8 Å². The van der Waals surface area contributed by atoms with Gasteiger partial charge in [-0.2, -0.15) is 0 Å². The summed E-state index contributed by atoms with van der Waals surface area (Å²) in [5.74, 6) is 0.0185. The molecule has 1 aliphatic rings. The molecule has 0 saturated heterocycles. The molecule has 2 aromatic rings. The maximum Gasteiger partial charge on any atom is 0.258 e. The summed E-state index contributed by atoms with van der Waals surface area (Å²) in [5.41, 5.74) is 2.59. The minimum absolute atomic E-state index is 0.0185. The van der Waals surface area contributed by atoms with Crippen molar-refractivity contribution in [2.75, 3.05) is 11.9 Å². The molecule has 0 aliphatic carbocycles. The first-order valence-corrected chi connectivity index (χ1v) is 7.53. The van der Waals surface area contributed by atoms with Crippen molar-refractivity contribution in [3.63, 3.8) is 0 Å². The Hall–Kier alpha value is -2.07. The van der Waals surface area contributed by atoms with Gasteiger partial charge in [-0.1, -0.05) is 52.3 Å². The number of carbonyl (C=O) groups excluding carboxylic acids is 1. The van der Waals surface area contributed by atoms with E-state index in [0.717, 1.165) is 15.7 Å². The number of halogens is 1. The number of fused-ring (bicyclic) bond motifs is 1. The van der Waals surface area contributed by atoms with Crippen molar-refractivity contribution in [2.24, 2.45) is 0 Å². The molecule has 3 nitrogen and oxygen atoms in total. The first-order chi connectivity index (χ1) is 10.2. The summed E-state index contributed by atoms with van der Waals surface area (Å²) in [4.78, 5) is 14.5. The summed E-state index contributed by atoms with van der Waals surface area (Å²) in [5, 5.41) is 3.45. The van der Waals surface area contributed by atoms with E-state index in [1.165, 1.54) is 0 Å². The normalized spacial score (nSPS) is 17.1. The lowest BCUT2D eigenvalue weighted by molar-refractivity contribution is 0.0707. The molecule has 1 N–H and O–H groups in total. The Morgan fingerprint density at radius 2 is 1.90 bits per heavy atom. The molecule has 106 valence electrons. The number of hydrogen-bond acceptors (Lipinski definition) is 2. The fourth-order valence-corrected chi connectivity index (χ4v) is 3.06. The van der Waals surface area contributed by atoms with Crippen LogP contribution in [0.1, 0.15) is 22.1 Å². The van der Waals surface area contributed by atoms with Crippen LogP contribution in [0.2, 0.25) is 0 Å². The van der Waals surface area contributed by atoms with Crippen LogP contribution in [0.4, 0.5) is 5.69 Å². The van der Waals surface area contributed by atoms with Crippen molar-refractivity contribution in [1.82, 2.24) is 4.90 Å². The van der Waals surface area contributed by atoms with Gasteiger partial charge in [0.25, 0.3) is 5.91 Å². The van der Waals surface area contributed by atoms with Crippen LogP contribution in [0.3, 0.4) is 0 Å². The maximum absolute atomic E-state index is 12.7. The van der Waals surface area contributed by atoms with E-state index in [0.29, 0.717) is 12.1 Å². The fourth-order valence-electron chi connectivity index (χ4n) is 2.56. The highest BCUT2D eigenvalue weighted by Gasteiger charge is 2.32. The molecule has 3 rings (SSSR count). The highest BCUT2D eigenvalue weighted by molar-refractivity contribution is 9.10. The predicted molar refractivity (Wildman–Crippen MR) is 88.2 cm³/mol. The van der Waals surface area contributed by atoms with Crippen LogP contribution in [0.15, 0.2) is 65.7 Å². The van der Waals surface area contributed by atoms with Crippen molar-refractivity contribution in [1.29, 1.82) is 0 Å². The standard InChI is InChI=1S/C17H15BrN2O/c1-2-11-20-16(12-7-3-5-9-14(12)18)19-15-10-6-4-8-13(15)17(20)21/h2-10,16,19H,1,11H2. The summed E-state index contributed by atoms with van der Waals surface area (Å²) in [7, 11) is 0. The number of nitrogens with one attached hydrogen (secondary N) is 1. The van der Waals surface area contributed by atoms with Gasteiger partial charge in [-0.05, 0) is 18.2 Å². The monoisotopic (exact) mass is 342 g/mol. The van der Waals surface area contributed by atoms with Gasteiger partial charge >= 0.3 is 0 Å². The van der Waals surface area contributed by atoms with Crippen LogP contribution in [0, 0.1) is 0 Å². The zero-order chi connectivity index (χ0) is 14.8. The lowest BCUT2D eigenvalue weighted by atomic mass is 10.0. The molecule has 0 spiro atoms. The average molecular weight is 343 g/mol. The van der Waals surface area contributed by atoms with E-state index >= 15 is 0 Å². The van der Waals surface area contributed by atoms with Crippen LogP contribution >= 0.6 is 15.9 Å². The highest BCUT2D eigenvalue weighted by Crippen LogP contribution is 2.35. The van der Waals surface area contributed by atoms with Crippen molar-refractivity contribution in [3.8, 4) is 0 Å². The van der Waals surface area contributed by atoms with E-state index in [2.05, 4.69) is 27.8 Å². The molecule has 1 amide bonds. The Labute approximate surface area is 132 Å². The molecule has 1 heterocycles. The minimum atomic E-state index is -0.207. The van der Waals surface area contributed by atoms with Gasteiger partial charge in [-0.3, -0.25) is 4.79 Å². The number of rotatable bonds is 3. The number of hydrogen-bond donors (Lipinski definition) is 1. The molecule has 1 unspecified atom stereocenters. The van der Waals surface area contributed by atoms with Gasteiger partial charge < -0.3 is 10.2 Å². The first kappa shape index (κ1) is 13.9. The summed E-state index contributed by atoms with van der Waals surface area (Å²) in [6.45, 7) is 4.25. The quantitative estimate of drug-likeness (QED) is 0.847. The Balaban J connectivity index is 2.09. The van der Waals surface area contributed by atoms with Gasteiger partial charge in [0.05, 0.1) is 5.56 Å². The molecule has 1 atom stereocenters. The van der Waals surface area contributed by atoms with Crippen molar-refractivity contribution >= 4 is 27.5 Å². The van der Waals surface area contributed by atoms with Crippen molar-refractivity contribution in [2.45, 2.75) is 6.17 Å². The second-order valence-corrected chi connectivity index (χ2v) is 5.71. The predicted octanol–water partition coefficient (Wildman–Crippen LogP) is 4.20. The smallest absolute Gasteiger partial charge is 0.258 e. The zero-order valence-corrected chi connectivity index (χ0v) is 13.0. The van der Waals surface area contributed by atoms with E-state index in [-0.39, 0.29) is 12.1 Å². The Morgan fingerprint density at radius 1 is 1.19 bits per heavy atom. The number of nitrogens with zero attached hydrogens (tertiary/aromatic N) is 1. The van der Waals surface area contributed by atoms with Crippen LogP contribution in [-0.2, 0) is 0 Å². The molecule has 2 aromatic carbocycles. The molecule has 0 aromatic heterocycles. The molecular formula is C17H15BrN2O. The van der Waals surface area contributed by atoms with Gasteiger partial charge in [0.1, 0.15) is 6.17 Å². The van der Waals surface area contributed by atoms with Crippen LogP contribution in [-0.4, -0.2) is 17.4 Å². The second-order valence-electron chi connectivity index (χ2n) is 4.86. The first-order valence-electron chi connectivity index (χ1n) is 6.74. The minimum Gasteiger partial charge on any atom is -0.361 e. The third-order valence-electron chi connectivity index (χ3n) is 3.55. The largest absolute Gasteiger partial charge is 0.361 e. The molecule has 21 heavy (non-hydrogen) atoms. The molecular weight excluding hydrogens is 328 g/mol. The van der Waals surface area contributed by atoms with Crippen LogP contribution in [0.25, 0.3) is 0 Å². The third kappa shape index (κ3) is 2.47. The number of amides is 1. The lowest BCUT2D eigenvalue weighted by Crippen LogP contribution is -2.43. The van der Waals surface area contributed by atoms with E-state index in [9.17, 15) is 4.79 Å². The number of para-hydroxylation sites is 1. The summed E-state index contributed by atoms with van der Waals surface area (Å²) in [6.07, 6.45) is 1.54. The third-order valence-corrected chi connectivity index (χ3v) is 4.27. The van der Waals surface area contributed by atoms with E-state index < -0.39 is 0 Å². The van der Waals surface area contributed by atoms with E-state index in [1.54, 1.807) is 11.0 Å². The van der Waals surface area contributed by atoms with Gasteiger partial charge in [0.2, 0.25) is 0 Å². The van der Waals surface area contributed by atoms with Gasteiger partial charge in [0, 0.05) is 22.3 Å². The Kier molecular flexibility index (Phi) is 3.80. The Bertz CT molecular complexity index is 699. The van der Waals surface area contributed by atoms with Crippen LogP contribution in [0.5, 0.6) is 0 Å². The lowest BCUT2D eigenvalue weighted by Gasteiger charge is -2.38. The number of anilines is 1. The molecule has 4 heteroatoms. The van der Waals surface area contributed by atoms with Gasteiger partial charge in [0.15, 0.2) is 0 Å². The summed E-state index contributed by atoms with van der Waals surface area (Å²) >= 11 is 3.57. The highest BCUT2D eigenvalue weighted by atomic mass is 79.9. The van der Waals surface area contributed by atoms with Gasteiger partial charge in [-0.15, -0.1) is 6.58 Å². The maximum atomic E-state index is 12.7. The molecule has 0 fully saturated rings. The Morgan fingerprint density at radius 3 is 2.67 bits per heavy atom. The zero-order valence-electron chi connectivity index (χ0n) is 11.4. The number of carbonyl (C=O) groups is 1. The summed E-state index contributed by atoms with van der Waals surface area (Å²) in [6, 6.07) is 15.5. The molecule has 1 aliphatic heterocycles. The topological polar surface area (TPSA) is 32.3 Å². The summed E-state index contributed by atoms with van der Waals surface area (Å²) < 4.78 is 0.976. The molecule has 0 radical (unpaired) electrons. The van der Waals surface area contributed by atoms with Gasteiger partial charge in [-0.25, -0.2) is 0 Å². The SMILES string of the molecule is C=CCN1C(=O)c2ccccc2NC1c1ccccc1Br. The fraction of sp³-hybridized carbons (Fsp3) is 0.118. The molecule has 0 saturated carbocycles.